The van der Waals surface area contributed by atoms with Crippen LogP contribution in [-0.2, 0) is 28.5 Å². The van der Waals surface area contributed by atoms with Crippen LogP contribution in [0.15, 0.2) is 0 Å². The normalized spacial score (nSPS) is 22.2. The predicted octanol–water partition coefficient (Wildman–Crippen LogP) is 0.470. The Kier molecular flexibility index (Phi) is 16.3. The van der Waals surface area contributed by atoms with Crippen molar-refractivity contribution in [2.45, 2.75) is 52.6 Å². The van der Waals surface area contributed by atoms with Crippen molar-refractivity contribution in [2.75, 3.05) is 79.0 Å². The number of ether oxygens (including phenoxy) is 4. The van der Waals surface area contributed by atoms with Gasteiger partial charge in [0, 0.05) is 26.2 Å². The van der Waals surface area contributed by atoms with Gasteiger partial charge in [0.05, 0.1) is 64.9 Å². The Hall–Kier alpha value is -1.30. The van der Waals surface area contributed by atoms with E-state index in [0.717, 1.165) is 12.8 Å². The summed E-state index contributed by atoms with van der Waals surface area (Å²) >= 11 is 0. The number of nitrogens with zero attached hydrogens (tertiary/aromatic N) is 2. The summed E-state index contributed by atoms with van der Waals surface area (Å²) < 4.78 is 22.7. The van der Waals surface area contributed by atoms with Crippen molar-refractivity contribution < 1.29 is 28.5 Å². The van der Waals surface area contributed by atoms with Gasteiger partial charge in [-0.3, -0.25) is 9.59 Å². The first kappa shape index (κ1) is 30.7. The third kappa shape index (κ3) is 11.4. The Bertz CT molecular complexity index is 500. The van der Waals surface area contributed by atoms with E-state index in [2.05, 4.69) is 0 Å². The minimum absolute atomic E-state index is 0.0798. The molecule has 0 aromatic rings. The summed E-state index contributed by atoms with van der Waals surface area (Å²) in [6.07, 6.45) is 1.68. The predicted molar refractivity (Wildman–Crippen MR) is 131 cm³/mol. The third-order valence-corrected chi connectivity index (χ3v) is 6.47. The molecule has 0 bridgehead atoms. The van der Waals surface area contributed by atoms with Gasteiger partial charge in [0.2, 0.25) is 11.8 Å². The minimum atomic E-state index is -0.534. The van der Waals surface area contributed by atoms with Crippen molar-refractivity contribution in [1.29, 1.82) is 0 Å². The summed E-state index contributed by atoms with van der Waals surface area (Å²) in [5.74, 6) is 0.0540. The minimum Gasteiger partial charge on any atom is -0.377 e. The summed E-state index contributed by atoms with van der Waals surface area (Å²) in [6.45, 7) is 13.0. The largest absolute Gasteiger partial charge is 0.377 e. The van der Waals surface area contributed by atoms with Crippen molar-refractivity contribution in [2.24, 2.45) is 23.3 Å². The van der Waals surface area contributed by atoms with Crippen molar-refractivity contribution in [3.05, 3.63) is 0 Å². The van der Waals surface area contributed by atoms with Gasteiger partial charge in [0.1, 0.15) is 0 Å². The maximum atomic E-state index is 12.8. The van der Waals surface area contributed by atoms with E-state index in [1.165, 1.54) is 0 Å². The summed E-state index contributed by atoms with van der Waals surface area (Å²) in [7, 11) is 0. The molecule has 0 aliphatic carbocycles. The molecule has 4 atom stereocenters. The number of carbonyl (C=O) groups excluding carboxylic acids is 2. The van der Waals surface area contributed by atoms with E-state index in [0.29, 0.717) is 79.0 Å². The maximum Gasteiger partial charge on any atom is 0.239 e. The first-order valence-corrected chi connectivity index (χ1v) is 12.7. The van der Waals surface area contributed by atoms with Gasteiger partial charge < -0.3 is 40.2 Å². The molecule has 1 saturated heterocycles. The van der Waals surface area contributed by atoms with Crippen LogP contribution in [-0.4, -0.2) is 113 Å². The molecule has 0 radical (unpaired) electrons. The Balaban J connectivity index is 2.61. The molecular formula is C24H48N4O6. The van der Waals surface area contributed by atoms with Gasteiger partial charge >= 0.3 is 0 Å². The zero-order chi connectivity index (χ0) is 25.3. The lowest BCUT2D eigenvalue weighted by molar-refractivity contribution is -0.137. The highest BCUT2D eigenvalue weighted by Gasteiger charge is 2.26. The van der Waals surface area contributed by atoms with E-state index in [4.69, 9.17) is 30.4 Å². The average Bonchev–Trinajstić information content (AvgIpc) is 2.85. The highest BCUT2D eigenvalue weighted by molar-refractivity contribution is 5.82. The van der Waals surface area contributed by atoms with E-state index in [-0.39, 0.29) is 23.7 Å². The van der Waals surface area contributed by atoms with Crippen LogP contribution in [0.5, 0.6) is 0 Å². The topological polar surface area (TPSA) is 130 Å². The van der Waals surface area contributed by atoms with E-state index in [1.807, 2.05) is 27.7 Å². The SMILES string of the molecule is CC[C@@H](C)[C@@H](N)C(=O)N1CCOCCOCCN(C(=O)[C@@H](N)[C@@H](C)CC)CCOCCOCC1. The maximum absolute atomic E-state index is 12.8. The molecule has 10 heteroatoms. The summed E-state index contributed by atoms with van der Waals surface area (Å²) in [6, 6.07) is -1.07. The molecule has 10 nitrogen and oxygen atoms in total. The highest BCUT2D eigenvalue weighted by atomic mass is 16.5. The Labute approximate surface area is 205 Å². The number of hydrogen-bond donors (Lipinski definition) is 2. The fourth-order valence-electron chi connectivity index (χ4n) is 3.42. The van der Waals surface area contributed by atoms with Crippen LogP contribution in [0.1, 0.15) is 40.5 Å². The molecule has 1 heterocycles. The molecule has 0 saturated carbocycles. The lowest BCUT2D eigenvalue weighted by Gasteiger charge is -2.28. The molecule has 200 valence electrons. The van der Waals surface area contributed by atoms with Gasteiger partial charge in [0.15, 0.2) is 0 Å². The highest BCUT2D eigenvalue weighted by Crippen LogP contribution is 2.10. The summed E-state index contributed by atoms with van der Waals surface area (Å²) in [5, 5.41) is 0. The van der Waals surface area contributed by atoms with Crippen LogP contribution in [0.25, 0.3) is 0 Å². The molecule has 1 fully saturated rings. The number of amides is 2. The van der Waals surface area contributed by atoms with Crippen LogP contribution in [0.2, 0.25) is 0 Å². The number of rotatable bonds is 6. The molecule has 0 aromatic carbocycles. The van der Waals surface area contributed by atoms with Crippen molar-refractivity contribution in [3.63, 3.8) is 0 Å². The van der Waals surface area contributed by atoms with Crippen LogP contribution in [0.4, 0.5) is 0 Å². The van der Waals surface area contributed by atoms with Gasteiger partial charge in [-0.25, -0.2) is 0 Å². The van der Waals surface area contributed by atoms with Gasteiger partial charge in [0.25, 0.3) is 0 Å². The van der Waals surface area contributed by atoms with Crippen molar-refractivity contribution >= 4 is 11.8 Å². The van der Waals surface area contributed by atoms with E-state index in [1.54, 1.807) is 9.80 Å². The number of nitrogens with two attached hydrogens (primary N) is 2. The zero-order valence-electron chi connectivity index (χ0n) is 21.7. The quantitative estimate of drug-likeness (QED) is 0.552. The molecule has 1 aliphatic rings. The molecule has 0 aromatic heterocycles. The molecule has 34 heavy (non-hydrogen) atoms. The molecule has 0 unspecified atom stereocenters. The van der Waals surface area contributed by atoms with Crippen LogP contribution >= 0.6 is 0 Å². The fraction of sp³-hybridized carbons (Fsp3) is 0.917. The number of hydrogen-bond acceptors (Lipinski definition) is 8. The lowest BCUT2D eigenvalue weighted by atomic mass is 9.99. The van der Waals surface area contributed by atoms with Gasteiger partial charge in [-0.1, -0.05) is 40.5 Å². The summed E-state index contributed by atoms with van der Waals surface area (Å²) in [5.41, 5.74) is 12.3. The van der Waals surface area contributed by atoms with Gasteiger partial charge in [-0.05, 0) is 11.8 Å². The average molecular weight is 489 g/mol. The second-order valence-corrected chi connectivity index (χ2v) is 8.92. The second kappa shape index (κ2) is 18.0. The Morgan fingerprint density at radius 2 is 0.882 bits per heavy atom. The molecule has 0 spiro atoms. The Morgan fingerprint density at radius 3 is 1.12 bits per heavy atom. The third-order valence-electron chi connectivity index (χ3n) is 6.47. The fourth-order valence-corrected chi connectivity index (χ4v) is 3.42. The van der Waals surface area contributed by atoms with Crippen molar-refractivity contribution in [1.82, 2.24) is 9.80 Å². The van der Waals surface area contributed by atoms with Crippen LogP contribution < -0.4 is 11.5 Å². The first-order valence-electron chi connectivity index (χ1n) is 12.7. The molecule has 1 aliphatic heterocycles. The first-order chi connectivity index (χ1) is 16.3. The second-order valence-electron chi connectivity index (χ2n) is 8.92. The van der Waals surface area contributed by atoms with Gasteiger partial charge in [-0.2, -0.15) is 0 Å². The standard InChI is InChI=1S/C24H48N4O6/c1-5-19(3)21(25)23(29)27-7-11-31-15-17-33-13-9-28(24(30)22(26)20(4)6-2)10-14-34-18-16-32-12-8-27/h19-22H,5-18,25-26H2,1-4H3/t19-,20+,21-,22+. The monoisotopic (exact) mass is 488 g/mol. The summed E-state index contributed by atoms with van der Waals surface area (Å²) in [4.78, 5) is 29.1. The van der Waals surface area contributed by atoms with E-state index >= 15 is 0 Å². The van der Waals surface area contributed by atoms with Gasteiger partial charge in [-0.15, -0.1) is 0 Å². The molecule has 2 amide bonds. The lowest BCUT2D eigenvalue weighted by Crippen LogP contribution is -2.49. The molecular weight excluding hydrogens is 440 g/mol. The smallest absolute Gasteiger partial charge is 0.239 e. The number of carbonyl (C=O) groups is 2. The van der Waals surface area contributed by atoms with E-state index < -0.39 is 12.1 Å². The van der Waals surface area contributed by atoms with Crippen LogP contribution in [0, 0.1) is 11.8 Å². The molecule has 4 N–H and O–H groups in total. The molecule has 1 rings (SSSR count). The zero-order valence-corrected chi connectivity index (χ0v) is 21.7. The van der Waals surface area contributed by atoms with Crippen molar-refractivity contribution in [3.8, 4) is 0 Å². The Morgan fingerprint density at radius 1 is 0.618 bits per heavy atom. The van der Waals surface area contributed by atoms with E-state index in [9.17, 15) is 9.59 Å². The van der Waals surface area contributed by atoms with Crippen LogP contribution in [0.3, 0.4) is 0 Å².